The largest absolute Gasteiger partial charge is 0.489 e. The molecule has 4 nitrogen and oxygen atoms in total. The number of hydrogen-bond acceptors (Lipinski definition) is 3. The van der Waals surface area contributed by atoms with Crippen molar-refractivity contribution in [3.05, 3.63) is 30.1 Å². The van der Waals surface area contributed by atoms with E-state index in [1.165, 1.54) is 18.6 Å². The molecule has 134 valence electrons. The lowest BCUT2D eigenvalue weighted by Crippen LogP contribution is -2.49. The Kier molecular flexibility index (Phi) is 6.47. The number of nitrogens with one attached hydrogen (secondary N) is 2. The Labute approximate surface area is 148 Å². The molecule has 1 amide bonds. The molecule has 2 fully saturated rings. The van der Waals surface area contributed by atoms with Gasteiger partial charge in [-0.15, -0.1) is 12.4 Å². The smallest absolute Gasteiger partial charge is 0.227 e. The van der Waals surface area contributed by atoms with Crippen molar-refractivity contribution in [2.45, 2.75) is 38.7 Å². The number of amides is 1. The molecule has 1 aliphatic heterocycles. The second-order valence-electron chi connectivity index (χ2n) is 6.83. The molecule has 1 saturated heterocycles. The molecule has 1 aliphatic carbocycles. The zero-order valence-electron chi connectivity index (χ0n) is 14.0. The summed E-state index contributed by atoms with van der Waals surface area (Å²) in [5.41, 5.74) is -0.239. The van der Waals surface area contributed by atoms with Crippen LogP contribution in [0.25, 0.3) is 0 Å². The molecule has 1 heterocycles. The summed E-state index contributed by atoms with van der Waals surface area (Å²) in [5.74, 6) is 0.764. The lowest BCUT2D eigenvalue weighted by molar-refractivity contribution is -0.134. The Morgan fingerprint density at radius 1 is 1.50 bits per heavy atom. The summed E-state index contributed by atoms with van der Waals surface area (Å²) in [7, 11) is 0. The number of fused-ring (bicyclic) bond motifs is 1. The van der Waals surface area contributed by atoms with E-state index in [9.17, 15) is 9.18 Å². The molecule has 0 bridgehead atoms. The van der Waals surface area contributed by atoms with Crippen molar-refractivity contribution in [1.82, 2.24) is 10.6 Å². The second kappa shape index (κ2) is 8.17. The molecule has 24 heavy (non-hydrogen) atoms. The first-order valence-electron chi connectivity index (χ1n) is 8.51. The summed E-state index contributed by atoms with van der Waals surface area (Å²) in [5, 5.41) is 6.44. The van der Waals surface area contributed by atoms with Gasteiger partial charge in [0.05, 0.1) is 12.0 Å². The molecule has 0 spiro atoms. The Hall–Kier alpha value is -1.33. The van der Waals surface area contributed by atoms with Crippen molar-refractivity contribution in [2.75, 3.05) is 19.6 Å². The van der Waals surface area contributed by atoms with Crippen LogP contribution >= 0.6 is 12.4 Å². The van der Waals surface area contributed by atoms with Crippen LogP contribution in [0.1, 0.15) is 32.6 Å². The first-order chi connectivity index (χ1) is 11.1. The van der Waals surface area contributed by atoms with Gasteiger partial charge in [0, 0.05) is 12.6 Å². The van der Waals surface area contributed by atoms with Gasteiger partial charge in [0.2, 0.25) is 5.91 Å². The maximum absolute atomic E-state index is 13.2. The van der Waals surface area contributed by atoms with Gasteiger partial charge >= 0.3 is 0 Å². The van der Waals surface area contributed by atoms with Crippen molar-refractivity contribution >= 4 is 18.3 Å². The summed E-state index contributed by atoms with van der Waals surface area (Å²) in [4.78, 5) is 12.7. The van der Waals surface area contributed by atoms with E-state index in [4.69, 9.17) is 4.74 Å². The number of carbonyl (C=O) groups is 1. The van der Waals surface area contributed by atoms with Crippen LogP contribution in [-0.4, -0.2) is 31.6 Å². The monoisotopic (exact) mass is 356 g/mol. The van der Waals surface area contributed by atoms with Crippen molar-refractivity contribution in [3.8, 4) is 5.75 Å². The van der Waals surface area contributed by atoms with E-state index >= 15 is 0 Å². The highest BCUT2D eigenvalue weighted by atomic mass is 35.5. The molecule has 3 rings (SSSR count). The fourth-order valence-corrected chi connectivity index (χ4v) is 3.92. The molecule has 0 radical (unpaired) electrons. The average Bonchev–Trinajstić information content (AvgIpc) is 2.98. The van der Waals surface area contributed by atoms with E-state index in [-0.39, 0.29) is 35.7 Å². The SMILES string of the molecule is CC(CNC(=O)[C@@]12CCCC[C@H]1CNC2)Oc1cccc(F)c1.Cl. The summed E-state index contributed by atoms with van der Waals surface area (Å²) < 4.78 is 18.8. The standard InChI is InChI=1S/C18H25FN2O2.ClH/c1-13(23-16-7-4-6-15(19)9-16)10-21-17(22)18-8-3-2-5-14(18)11-20-12-18;/h4,6-7,9,13-14,20H,2-3,5,8,10-12H2,1H3,(H,21,22);1H/t13?,14-,18+;/m0./s1. The number of halogens is 2. The van der Waals surface area contributed by atoms with Crippen molar-refractivity contribution in [1.29, 1.82) is 0 Å². The van der Waals surface area contributed by atoms with E-state index in [2.05, 4.69) is 10.6 Å². The third-order valence-electron chi connectivity index (χ3n) is 5.17. The summed E-state index contributed by atoms with van der Waals surface area (Å²) in [6.45, 7) is 4.04. The van der Waals surface area contributed by atoms with Gasteiger partial charge in [-0.1, -0.05) is 18.9 Å². The minimum Gasteiger partial charge on any atom is -0.489 e. The van der Waals surface area contributed by atoms with Crippen LogP contribution in [0.5, 0.6) is 5.75 Å². The third-order valence-corrected chi connectivity index (χ3v) is 5.17. The molecule has 1 saturated carbocycles. The number of ether oxygens (including phenoxy) is 1. The van der Waals surface area contributed by atoms with E-state index < -0.39 is 0 Å². The fraction of sp³-hybridized carbons (Fsp3) is 0.611. The normalized spacial score (nSPS) is 26.8. The molecule has 2 N–H and O–H groups in total. The van der Waals surface area contributed by atoms with Crippen molar-refractivity contribution in [2.24, 2.45) is 11.3 Å². The highest BCUT2D eigenvalue weighted by Crippen LogP contribution is 2.43. The molecule has 2 aliphatic rings. The van der Waals surface area contributed by atoms with Crippen LogP contribution in [0, 0.1) is 17.2 Å². The van der Waals surface area contributed by atoms with Crippen LogP contribution in [0.15, 0.2) is 24.3 Å². The molecular formula is C18H26ClFN2O2. The van der Waals surface area contributed by atoms with Crippen LogP contribution in [0.4, 0.5) is 4.39 Å². The van der Waals surface area contributed by atoms with Gasteiger partial charge < -0.3 is 15.4 Å². The van der Waals surface area contributed by atoms with Crippen LogP contribution in [-0.2, 0) is 4.79 Å². The van der Waals surface area contributed by atoms with Crippen LogP contribution in [0.3, 0.4) is 0 Å². The zero-order valence-corrected chi connectivity index (χ0v) is 14.8. The van der Waals surface area contributed by atoms with Crippen molar-refractivity contribution < 1.29 is 13.9 Å². The average molecular weight is 357 g/mol. The Morgan fingerprint density at radius 2 is 2.33 bits per heavy atom. The first-order valence-corrected chi connectivity index (χ1v) is 8.51. The maximum atomic E-state index is 13.2. The molecular weight excluding hydrogens is 331 g/mol. The first kappa shape index (κ1) is 19.0. The van der Waals surface area contributed by atoms with E-state index in [1.54, 1.807) is 12.1 Å². The number of carbonyl (C=O) groups excluding carboxylic acids is 1. The quantitative estimate of drug-likeness (QED) is 0.853. The fourth-order valence-electron chi connectivity index (χ4n) is 3.92. The summed E-state index contributed by atoms with van der Waals surface area (Å²) >= 11 is 0. The second-order valence-corrected chi connectivity index (χ2v) is 6.83. The lowest BCUT2D eigenvalue weighted by Gasteiger charge is -2.37. The zero-order chi connectivity index (χ0) is 16.3. The highest BCUT2D eigenvalue weighted by molar-refractivity contribution is 5.85. The lowest BCUT2D eigenvalue weighted by atomic mass is 9.67. The summed E-state index contributed by atoms with van der Waals surface area (Å²) in [6, 6.07) is 6.08. The van der Waals surface area contributed by atoms with Gasteiger partial charge in [-0.2, -0.15) is 0 Å². The Balaban J connectivity index is 0.00000208. The maximum Gasteiger partial charge on any atom is 0.227 e. The number of hydrogen-bond donors (Lipinski definition) is 2. The van der Waals surface area contributed by atoms with E-state index in [1.807, 2.05) is 6.92 Å². The molecule has 1 aromatic carbocycles. The van der Waals surface area contributed by atoms with E-state index in [0.717, 1.165) is 32.4 Å². The number of rotatable bonds is 5. The molecule has 0 aromatic heterocycles. The van der Waals surface area contributed by atoms with Gasteiger partial charge in [-0.25, -0.2) is 4.39 Å². The van der Waals surface area contributed by atoms with Gasteiger partial charge in [0.25, 0.3) is 0 Å². The molecule has 6 heteroatoms. The predicted molar refractivity (Wildman–Crippen MR) is 94.0 cm³/mol. The molecule has 1 unspecified atom stereocenters. The predicted octanol–water partition coefficient (Wildman–Crippen LogP) is 2.91. The summed E-state index contributed by atoms with van der Waals surface area (Å²) in [6.07, 6.45) is 4.25. The Morgan fingerprint density at radius 3 is 3.12 bits per heavy atom. The third kappa shape index (κ3) is 4.01. The van der Waals surface area contributed by atoms with Crippen LogP contribution in [0.2, 0.25) is 0 Å². The minimum atomic E-state index is -0.320. The van der Waals surface area contributed by atoms with Gasteiger partial charge in [-0.3, -0.25) is 4.79 Å². The van der Waals surface area contributed by atoms with Crippen molar-refractivity contribution in [3.63, 3.8) is 0 Å². The minimum absolute atomic E-state index is 0. The van der Waals surface area contributed by atoms with Gasteiger partial charge in [0.1, 0.15) is 17.7 Å². The number of benzene rings is 1. The highest BCUT2D eigenvalue weighted by Gasteiger charge is 2.49. The van der Waals surface area contributed by atoms with Gasteiger partial charge in [0.15, 0.2) is 0 Å². The van der Waals surface area contributed by atoms with Gasteiger partial charge in [-0.05, 0) is 44.4 Å². The van der Waals surface area contributed by atoms with E-state index in [0.29, 0.717) is 18.2 Å². The molecule has 1 aromatic rings. The topological polar surface area (TPSA) is 50.4 Å². The molecule has 3 atom stereocenters. The van der Waals surface area contributed by atoms with Crippen LogP contribution < -0.4 is 15.4 Å². The Bertz CT molecular complexity index is 572.